The van der Waals surface area contributed by atoms with E-state index in [1.54, 1.807) is 13.2 Å². The second-order valence-electron chi connectivity index (χ2n) is 4.53. The Morgan fingerprint density at radius 1 is 1.53 bits per heavy atom. The molecule has 17 heavy (non-hydrogen) atoms. The van der Waals surface area contributed by atoms with Crippen molar-refractivity contribution in [1.29, 1.82) is 5.26 Å². The van der Waals surface area contributed by atoms with Gasteiger partial charge in [-0.15, -0.1) is 0 Å². The zero-order valence-electron chi connectivity index (χ0n) is 10.4. The van der Waals surface area contributed by atoms with Crippen LogP contribution in [-0.4, -0.2) is 13.2 Å². The summed E-state index contributed by atoms with van der Waals surface area (Å²) in [6.07, 6.45) is 2.52. The molecule has 1 aromatic carbocycles. The summed E-state index contributed by atoms with van der Waals surface area (Å²) in [5.41, 5.74) is 1.75. The molecule has 2 atom stereocenters. The summed E-state index contributed by atoms with van der Waals surface area (Å²) < 4.78 is 5.30. The number of benzene rings is 1. The van der Waals surface area contributed by atoms with Gasteiger partial charge in [0.25, 0.3) is 0 Å². The Kier molecular flexibility index (Phi) is 3.65. The van der Waals surface area contributed by atoms with E-state index < -0.39 is 0 Å². The lowest BCUT2D eigenvalue weighted by Gasteiger charge is -2.09. The molecule has 0 heterocycles. The van der Waals surface area contributed by atoms with Crippen molar-refractivity contribution in [1.82, 2.24) is 5.32 Å². The van der Waals surface area contributed by atoms with Crippen LogP contribution in [0, 0.1) is 17.2 Å². The van der Waals surface area contributed by atoms with Crippen molar-refractivity contribution in [2.24, 2.45) is 5.92 Å². The van der Waals surface area contributed by atoms with Crippen molar-refractivity contribution in [2.75, 3.05) is 7.11 Å². The van der Waals surface area contributed by atoms with Crippen LogP contribution in [0.1, 0.15) is 30.9 Å². The van der Waals surface area contributed by atoms with Gasteiger partial charge in [0.2, 0.25) is 0 Å². The van der Waals surface area contributed by atoms with Crippen LogP contribution in [0.4, 0.5) is 0 Å². The molecule has 3 heteroatoms. The van der Waals surface area contributed by atoms with E-state index in [0.29, 0.717) is 11.6 Å². The Labute approximate surface area is 102 Å². The first-order valence-corrected chi connectivity index (χ1v) is 6.08. The molecule has 0 amide bonds. The molecule has 2 unspecified atom stereocenters. The van der Waals surface area contributed by atoms with Gasteiger partial charge in [0, 0.05) is 18.2 Å². The standard InChI is InChI=1S/C14H18N2O/c1-3-11-7-13(11)16-9-12-6-10(8-15)4-5-14(12)17-2/h4-6,11,13,16H,3,7,9H2,1-2H3. The number of ether oxygens (including phenoxy) is 1. The average molecular weight is 230 g/mol. The monoisotopic (exact) mass is 230 g/mol. The quantitative estimate of drug-likeness (QED) is 0.845. The van der Waals surface area contributed by atoms with Gasteiger partial charge in [0.15, 0.2) is 0 Å². The van der Waals surface area contributed by atoms with Crippen LogP contribution in [0.3, 0.4) is 0 Å². The lowest BCUT2D eigenvalue weighted by atomic mass is 10.1. The maximum atomic E-state index is 8.88. The summed E-state index contributed by atoms with van der Waals surface area (Å²) in [5, 5.41) is 12.4. The van der Waals surface area contributed by atoms with Gasteiger partial charge in [-0.3, -0.25) is 0 Å². The molecule has 0 saturated heterocycles. The smallest absolute Gasteiger partial charge is 0.123 e. The summed E-state index contributed by atoms with van der Waals surface area (Å²) in [6.45, 7) is 3.00. The molecule has 0 radical (unpaired) electrons. The van der Waals surface area contributed by atoms with Gasteiger partial charge in [0.1, 0.15) is 5.75 Å². The fraction of sp³-hybridized carbons (Fsp3) is 0.500. The predicted molar refractivity (Wildman–Crippen MR) is 66.7 cm³/mol. The maximum absolute atomic E-state index is 8.88. The summed E-state index contributed by atoms with van der Waals surface area (Å²) in [4.78, 5) is 0. The molecule has 0 spiro atoms. The molecule has 1 N–H and O–H groups in total. The number of nitrogens with one attached hydrogen (secondary N) is 1. The zero-order valence-corrected chi connectivity index (χ0v) is 10.4. The van der Waals surface area contributed by atoms with Crippen molar-refractivity contribution in [3.05, 3.63) is 29.3 Å². The predicted octanol–water partition coefficient (Wildman–Crippen LogP) is 2.45. The van der Waals surface area contributed by atoms with E-state index in [9.17, 15) is 0 Å². The van der Waals surface area contributed by atoms with E-state index in [1.807, 2.05) is 12.1 Å². The van der Waals surface area contributed by atoms with Crippen molar-refractivity contribution >= 4 is 0 Å². The molecule has 0 aliphatic heterocycles. The highest BCUT2D eigenvalue weighted by Crippen LogP contribution is 2.33. The summed E-state index contributed by atoms with van der Waals surface area (Å²) in [5.74, 6) is 1.69. The van der Waals surface area contributed by atoms with Gasteiger partial charge in [-0.25, -0.2) is 0 Å². The highest BCUT2D eigenvalue weighted by atomic mass is 16.5. The van der Waals surface area contributed by atoms with Crippen molar-refractivity contribution < 1.29 is 4.74 Å². The van der Waals surface area contributed by atoms with Crippen LogP contribution in [0.15, 0.2) is 18.2 Å². The Bertz CT molecular complexity index is 436. The molecule has 90 valence electrons. The van der Waals surface area contributed by atoms with Crippen LogP contribution in [0.5, 0.6) is 5.75 Å². The summed E-state index contributed by atoms with van der Waals surface area (Å²) >= 11 is 0. The van der Waals surface area contributed by atoms with Crippen molar-refractivity contribution in [2.45, 2.75) is 32.4 Å². The average Bonchev–Trinajstić information content (AvgIpc) is 3.14. The molecule has 1 aliphatic rings. The maximum Gasteiger partial charge on any atom is 0.123 e. The third kappa shape index (κ3) is 2.78. The van der Waals surface area contributed by atoms with Crippen LogP contribution >= 0.6 is 0 Å². The van der Waals surface area contributed by atoms with Gasteiger partial charge in [-0.2, -0.15) is 5.26 Å². The minimum Gasteiger partial charge on any atom is -0.496 e. The van der Waals surface area contributed by atoms with E-state index in [0.717, 1.165) is 23.8 Å². The topological polar surface area (TPSA) is 45.0 Å². The van der Waals surface area contributed by atoms with Gasteiger partial charge >= 0.3 is 0 Å². The molecule has 1 saturated carbocycles. The Morgan fingerprint density at radius 3 is 2.94 bits per heavy atom. The third-order valence-corrected chi connectivity index (χ3v) is 3.41. The van der Waals surface area contributed by atoms with Gasteiger partial charge < -0.3 is 10.1 Å². The second-order valence-corrected chi connectivity index (χ2v) is 4.53. The molecular weight excluding hydrogens is 212 g/mol. The van der Waals surface area contributed by atoms with Crippen LogP contribution in [-0.2, 0) is 6.54 Å². The molecule has 3 nitrogen and oxygen atoms in total. The molecule has 1 aromatic rings. The first-order chi connectivity index (χ1) is 8.28. The fourth-order valence-corrected chi connectivity index (χ4v) is 2.18. The number of nitrogens with zero attached hydrogens (tertiary/aromatic N) is 1. The van der Waals surface area contributed by atoms with E-state index in [-0.39, 0.29) is 0 Å². The SMILES string of the molecule is CCC1CC1NCc1cc(C#N)ccc1OC. The van der Waals surface area contributed by atoms with Crippen LogP contribution < -0.4 is 10.1 Å². The molecule has 2 rings (SSSR count). The zero-order chi connectivity index (χ0) is 12.3. The first kappa shape index (κ1) is 11.9. The largest absolute Gasteiger partial charge is 0.496 e. The highest BCUT2D eigenvalue weighted by molar-refractivity contribution is 5.42. The van der Waals surface area contributed by atoms with E-state index in [2.05, 4.69) is 18.3 Å². The normalized spacial score (nSPS) is 21.9. The van der Waals surface area contributed by atoms with E-state index >= 15 is 0 Å². The van der Waals surface area contributed by atoms with E-state index in [1.165, 1.54) is 12.8 Å². The van der Waals surface area contributed by atoms with E-state index in [4.69, 9.17) is 10.00 Å². The Balaban J connectivity index is 2.01. The number of rotatable bonds is 5. The minimum atomic E-state index is 0.649. The molecule has 1 aliphatic carbocycles. The lowest BCUT2D eigenvalue weighted by Crippen LogP contribution is -2.18. The highest BCUT2D eigenvalue weighted by Gasteiger charge is 2.34. The second kappa shape index (κ2) is 5.20. The van der Waals surface area contributed by atoms with Crippen LogP contribution in [0.2, 0.25) is 0 Å². The Morgan fingerprint density at radius 2 is 2.35 bits per heavy atom. The number of hydrogen-bond acceptors (Lipinski definition) is 3. The third-order valence-electron chi connectivity index (χ3n) is 3.41. The van der Waals surface area contributed by atoms with Crippen molar-refractivity contribution in [3.8, 4) is 11.8 Å². The number of methoxy groups -OCH3 is 1. The van der Waals surface area contributed by atoms with Gasteiger partial charge in [-0.05, 0) is 30.5 Å². The summed E-state index contributed by atoms with van der Waals surface area (Å²) in [6, 6.07) is 8.35. The molecular formula is C14H18N2O. The summed E-state index contributed by atoms with van der Waals surface area (Å²) in [7, 11) is 1.66. The number of nitriles is 1. The van der Waals surface area contributed by atoms with Gasteiger partial charge in [0.05, 0.1) is 18.7 Å². The molecule has 0 bridgehead atoms. The lowest BCUT2D eigenvalue weighted by molar-refractivity contribution is 0.407. The van der Waals surface area contributed by atoms with Gasteiger partial charge in [-0.1, -0.05) is 13.3 Å². The molecule has 1 fully saturated rings. The van der Waals surface area contributed by atoms with Crippen molar-refractivity contribution in [3.63, 3.8) is 0 Å². The fourth-order valence-electron chi connectivity index (χ4n) is 2.18. The Hall–Kier alpha value is -1.53. The first-order valence-electron chi connectivity index (χ1n) is 6.08. The van der Waals surface area contributed by atoms with Crippen LogP contribution in [0.25, 0.3) is 0 Å². The minimum absolute atomic E-state index is 0.649. The number of hydrogen-bond donors (Lipinski definition) is 1. The molecule has 0 aromatic heterocycles.